The lowest BCUT2D eigenvalue weighted by molar-refractivity contribution is -0.154. The average Bonchev–Trinajstić information content (AvgIpc) is 3.03. The zero-order chi connectivity index (χ0) is 20.3. The van der Waals surface area contributed by atoms with Crippen LogP contribution in [0, 0.1) is 12.7 Å². The fourth-order valence-corrected chi connectivity index (χ4v) is 2.94. The number of carbonyl (C=O) groups is 2. The van der Waals surface area contributed by atoms with Crippen molar-refractivity contribution in [2.24, 2.45) is 0 Å². The summed E-state index contributed by atoms with van der Waals surface area (Å²) in [7, 11) is 0. The molecule has 0 spiro atoms. The molecule has 2 atom stereocenters. The lowest BCUT2D eigenvalue weighted by Gasteiger charge is -2.18. The number of nitrogens with one attached hydrogen (secondary N) is 1. The summed E-state index contributed by atoms with van der Waals surface area (Å²) in [6, 6.07) is 11.3. The Labute approximate surface area is 162 Å². The number of furan rings is 1. The predicted molar refractivity (Wildman–Crippen MR) is 103 cm³/mol. The maximum Gasteiger partial charge on any atom is 0.311 e. The van der Waals surface area contributed by atoms with Gasteiger partial charge in [0.2, 0.25) is 0 Å². The molecule has 1 amide bonds. The van der Waals surface area contributed by atoms with Crippen molar-refractivity contribution in [1.82, 2.24) is 5.32 Å². The quantitative estimate of drug-likeness (QED) is 0.647. The van der Waals surface area contributed by atoms with Gasteiger partial charge in [-0.15, -0.1) is 0 Å². The van der Waals surface area contributed by atoms with Crippen LogP contribution < -0.4 is 5.32 Å². The van der Waals surface area contributed by atoms with E-state index in [4.69, 9.17) is 9.15 Å². The van der Waals surface area contributed by atoms with Crippen LogP contribution in [0.5, 0.6) is 0 Å². The number of hydrogen-bond donors (Lipinski definition) is 1. The van der Waals surface area contributed by atoms with E-state index < -0.39 is 18.0 Å². The largest absolute Gasteiger partial charge is 0.464 e. The SMILES string of the molecule is Cc1ccc2c(CC(=O)O[C@H](C)C(=O)N[C@@H](C)c3ccc(F)cc3)coc2c1. The van der Waals surface area contributed by atoms with Gasteiger partial charge in [-0.25, -0.2) is 4.39 Å². The van der Waals surface area contributed by atoms with Crippen molar-refractivity contribution in [2.75, 3.05) is 0 Å². The van der Waals surface area contributed by atoms with E-state index in [1.165, 1.54) is 25.3 Å². The summed E-state index contributed by atoms with van der Waals surface area (Å²) in [5.74, 6) is -1.27. The Morgan fingerprint density at radius 2 is 1.86 bits per heavy atom. The highest BCUT2D eigenvalue weighted by atomic mass is 19.1. The average molecular weight is 383 g/mol. The third-order valence-corrected chi connectivity index (χ3v) is 4.55. The number of aryl methyl sites for hydroxylation is 1. The van der Waals surface area contributed by atoms with Crippen molar-refractivity contribution < 1.29 is 23.1 Å². The first-order valence-corrected chi connectivity index (χ1v) is 9.05. The van der Waals surface area contributed by atoms with Gasteiger partial charge >= 0.3 is 5.97 Å². The zero-order valence-electron chi connectivity index (χ0n) is 16.0. The Morgan fingerprint density at radius 1 is 1.14 bits per heavy atom. The van der Waals surface area contributed by atoms with Crippen LogP contribution in [0.25, 0.3) is 11.0 Å². The molecule has 1 heterocycles. The first-order valence-electron chi connectivity index (χ1n) is 9.05. The fraction of sp³-hybridized carbons (Fsp3) is 0.273. The van der Waals surface area contributed by atoms with Crippen molar-refractivity contribution in [3.05, 3.63) is 71.2 Å². The van der Waals surface area contributed by atoms with Crippen LogP contribution in [0.15, 0.2) is 53.1 Å². The molecule has 0 aliphatic rings. The number of carbonyl (C=O) groups excluding carboxylic acids is 2. The summed E-state index contributed by atoms with van der Waals surface area (Å²) < 4.78 is 23.7. The highest BCUT2D eigenvalue weighted by molar-refractivity contribution is 5.88. The molecule has 6 heteroatoms. The van der Waals surface area contributed by atoms with Crippen LogP contribution in [0.2, 0.25) is 0 Å². The van der Waals surface area contributed by atoms with Gasteiger partial charge in [0.15, 0.2) is 6.10 Å². The van der Waals surface area contributed by atoms with Crippen molar-refractivity contribution in [1.29, 1.82) is 0 Å². The number of esters is 1. The van der Waals surface area contributed by atoms with Gasteiger partial charge in [0.25, 0.3) is 5.91 Å². The lowest BCUT2D eigenvalue weighted by atomic mass is 10.1. The van der Waals surface area contributed by atoms with E-state index in [0.29, 0.717) is 11.1 Å². The van der Waals surface area contributed by atoms with E-state index in [1.807, 2.05) is 25.1 Å². The molecule has 0 saturated carbocycles. The van der Waals surface area contributed by atoms with Gasteiger partial charge in [0, 0.05) is 10.9 Å². The zero-order valence-corrected chi connectivity index (χ0v) is 16.0. The standard InChI is InChI=1S/C22H22FNO4/c1-13-4-9-19-17(12-27-20(19)10-13)11-21(25)28-15(3)22(26)24-14(2)16-5-7-18(23)8-6-16/h4-10,12,14-15H,11H2,1-3H3,(H,24,26)/t14-,15+/m0/s1. The monoisotopic (exact) mass is 383 g/mol. The number of hydrogen-bond acceptors (Lipinski definition) is 4. The van der Waals surface area contributed by atoms with Crippen molar-refractivity contribution in [3.63, 3.8) is 0 Å². The number of halogens is 1. The van der Waals surface area contributed by atoms with E-state index in [-0.39, 0.29) is 18.3 Å². The highest BCUT2D eigenvalue weighted by Crippen LogP contribution is 2.23. The topological polar surface area (TPSA) is 68.5 Å². The molecule has 1 aromatic heterocycles. The summed E-state index contributed by atoms with van der Waals surface area (Å²) in [5, 5.41) is 3.61. The molecule has 0 radical (unpaired) electrons. The summed E-state index contributed by atoms with van der Waals surface area (Å²) in [6.07, 6.45) is 0.601. The normalized spacial score (nSPS) is 13.1. The number of rotatable bonds is 6. The van der Waals surface area contributed by atoms with E-state index in [1.54, 1.807) is 19.1 Å². The van der Waals surface area contributed by atoms with Crippen molar-refractivity contribution in [2.45, 2.75) is 39.3 Å². The highest BCUT2D eigenvalue weighted by Gasteiger charge is 2.21. The molecular formula is C22H22FNO4. The van der Waals surface area contributed by atoms with Gasteiger partial charge < -0.3 is 14.5 Å². The number of amides is 1. The van der Waals surface area contributed by atoms with Crippen LogP contribution >= 0.6 is 0 Å². The molecule has 0 saturated heterocycles. The molecule has 0 fully saturated rings. The van der Waals surface area contributed by atoms with E-state index in [0.717, 1.165) is 16.5 Å². The molecule has 146 valence electrons. The van der Waals surface area contributed by atoms with Crippen molar-refractivity contribution in [3.8, 4) is 0 Å². The molecule has 0 aliphatic carbocycles. The first-order chi connectivity index (χ1) is 13.3. The third kappa shape index (κ3) is 4.57. The van der Waals surface area contributed by atoms with Gasteiger partial charge in [0.05, 0.1) is 18.7 Å². The van der Waals surface area contributed by atoms with Gasteiger partial charge in [-0.1, -0.05) is 24.3 Å². The van der Waals surface area contributed by atoms with Crippen LogP contribution in [-0.4, -0.2) is 18.0 Å². The molecule has 0 aliphatic heterocycles. The molecule has 5 nitrogen and oxygen atoms in total. The van der Waals surface area contributed by atoms with E-state index in [9.17, 15) is 14.0 Å². The Hall–Kier alpha value is -3.15. The number of fused-ring (bicyclic) bond motifs is 1. The van der Waals surface area contributed by atoms with Crippen LogP contribution in [-0.2, 0) is 20.7 Å². The summed E-state index contributed by atoms with van der Waals surface area (Å²) >= 11 is 0. The first kappa shape index (κ1) is 19.6. The van der Waals surface area contributed by atoms with Gasteiger partial charge in [-0.2, -0.15) is 0 Å². The maximum atomic E-state index is 13.0. The minimum absolute atomic E-state index is 0.0151. The molecule has 3 aromatic rings. The predicted octanol–water partition coefficient (Wildman–Crippen LogP) is 4.23. The summed E-state index contributed by atoms with van der Waals surface area (Å²) in [4.78, 5) is 24.5. The van der Waals surface area contributed by atoms with Crippen LogP contribution in [0.4, 0.5) is 4.39 Å². The Bertz CT molecular complexity index is 993. The number of ether oxygens (including phenoxy) is 1. The minimum atomic E-state index is -0.948. The molecule has 1 N–H and O–H groups in total. The molecule has 0 bridgehead atoms. The second kappa shape index (κ2) is 8.25. The third-order valence-electron chi connectivity index (χ3n) is 4.55. The van der Waals surface area contributed by atoms with E-state index >= 15 is 0 Å². The smallest absolute Gasteiger partial charge is 0.311 e. The fourth-order valence-electron chi connectivity index (χ4n) is 2.94. The lowest BCUT2D eigenvalue weighted by Crippen LogP contribution is -2.37. The van der Waals surface area contributed by atoms with Gasteiger partial charge in [-0.05, 0) is 50.1 Å². The molecular weight excluding hydrogens is 361 g/mol. The van der Waals surface area contributed by atoms with Crippen LogP contribution in [0.3, 0.4) is 0 Å². The van der Waals surface area contributed by atoms with Crippen LogP contribution in [0.1, 0.15) is 36.6 Å². The van der Waals surface area contributed by atoms with Gasteiger partial charge in [0.1, 0.15) is 11.4 Å². The molecule has 28 heavy (non-hydrogen) atoms. The summed E-state index contributed by atoms with van der Waals surface area (Å²) in [5.41, 5.74) is 3.25. The molecule has 0 unspecified atom stereocenters. The maximum absolute atomic E-state index is 13.0. The second-order valence-electron chi connectivity index (χ2n) is 6.85. The van der Waals surface area contributed by atoms with Crippen molar-refractivity contribution >= 4 is 22.8 Å². The summed E-state index contributed by atoms with van der Waals surface area (Å²) in [6.45, 7) is 5.25. The Kier molecular flexibility index (Phi) is 5.78. The molecule has 3 rings (SSSR count). The van der Waals surface area contributed by atoms with Gasteiger partial charge in [-0.3, -0.25) is 9.59 Å². The second-order valence-corrected chi connectivity index (χ2v) is 6.85. The Morgan fingerprint density at radius 3 is 2.57 bits per heavy atom. The minimum Gasteiger partial charge on any atom is -0.464 e. The Balaban J connectivity index is 1.57. The number of benzene rings is 2. The van der Waals surface area contributed by atoms with E-state index in [2.05, 4.69) is 5.32 Å². The molecule has 2 aromatic carbocycles.